The average molecular weight is 611 g/mol. The molecule has 0 saturated carbocycles. The summed E-state index contributed by atoms with van der Waals surface area (Å²) >= 11 is 0. The van der Waals surface area contributed by atoms with Crippen LogP contribution in [0.2, 0.25) is 0 Å². The summed E-state index contributed by atoms with van der Waals surface area (Å²) in [6.07, 6.45) is 17.5. The molecule has 1 aliphatic rings. The molecule has 2 rings (SSSR count). The number of rotatable bonds is 18. The maximum atomic E-state index is 13.8. The molecule has 3 unspecified atom stereocenters. The number of alkyl halides is 1. The van der Waals surface area contributed by atoms with E-state index in [0.717, 1.165) is 62.8 Å². The highest BCUT2D eigenvalue weighted by molar-refractivity contribution is 5.69. The van der Waals surface area contributed by atoms with Gasteiger partial charge in [-0.05, 0) is 93.9 Å². The second-order valence-corrected chi connectivity index (χ2v) is 12.7. The van der Waals surface area contributed by atoms with E-state index in [0.29, 0.717) is 18.3 Å². The van der Waals surface area contributed by atoms with E-state index in [1.807, 2.05) is 6.08 Å². The number of carbonyl (C=O) groups excluding carboxylic acids is 1. The molecule has 0 radical (unpaired) electrons. The number of esters is 1. The number of hydrogen-bond acceptors (Lipinski definition) is 5. The summed E-state index contributed by atoms with van der Waals surface area (Å²) in [5, 5.41) is 3.64. The molecule has 1 N–H and O–H groups in total. The van der Waals surface area contributed by atoms with Gasteiger partial charge in [0.1, 0.15) is 6.17 Å². The Hall–Kier alpha value is -2.86. The van der Waals surface area contributed by atoms with Crippen molar-refractivity contribution in [3.05, 3.63) is 82.2 Å². The smallest absolute Gasteiger partial charge is 0.305 e. The van der Waals surface area contributed by atoms with E-state index in [9.17, 15) is 9.18 Å². The zero-order valence-corrected chi connectivity index (χ0v) is 29.0. The Kier molecular flexibility index (Phi) is 16.0. The van der Waals surface area contributed by atoms with Gasteiger partial charge in [-0.15, -0.1) is 0 Å². The average Bonchev–Trinajstić information content (AvgIpc) is 3.30. The molecule has 44 heavy (non-hydrogen) atoms. The molecule has 0 aliphatic carbocycles. The Labute approximate surface area is 267 Å². The van der Waals surface area contributed by atoms with Gasteiger partial charge in [0.2, 0.25) is 5.85 Å². The molecular formula is C38H59FN2O3. The topological polar surface area (TPSA) is 50.8 Å². The third-order valence-corrected chi connectivity index (χ3v) is 8.55. The van der Waals surface area contributed by atoms with Crippen molar-refractivity contribution in [1.82, 2.24) is 10.2 Å². The van der Waals surface area contributed by atoms with Gasteiger partial charge in [-0.25, -0.2) is 4.39 Å². The molecule has 1 fully saturated rings. The van der Waals surface area contributed by atoms with Crippen molar-refractivity contribution in [2.24, 2.45) is 5.92 Å². The lowest BCUT2D eigenvalue weighted by atomic mass is 9.87. The highest BCUT2D eigenvalue weighted by Crippen LogP contribution is 2.29. The lowest BCUT2D eigenvalue weighted by Crippen LogP contribution is -2.33. The van der Waals surface area contributed by atoms with Crippen LogP contribution in [0.1, 0.15) is 117 Å². The van der Waals surface area contributed by atoms with E-state index in [-0.39, 0.29) is 18.7 Å². The quantitative estimate of drug-likeness (QED) is 0.133. The molecule has 3 atom stereocenters. The Morgan fingerprint density at radius 3 is 2.39 bits per heavy atom. The number of likely N-dealkylation sites (N-methyl/N-ethyl adjacent to an activating group) is 1. The molecule has 1 saturated heterocycles. The van der Waals surface area contributed by atoms with Crippen LogP contribution in [-0.4, -0.2) is 43.7 Å². The Morgan fingerprint density at radius 1 is 1.09 bits per heavy atom. The van der Waals surface area contributed by atoms with Crippen molar-refractivity contribution in [2.75, 3.05) is 20.8 Å². The molecule has 0 aromatic heterocycles. The Balaban J connectivity index is 2.04. The van der Waals surface area contributed by atoms with Crippen LogP contribution >= 0.6 is 0 Å². The number of allylic oxidation sites excluding steroid dienone is 4. The Bertz CT molecular complexity index is 1140. The number of benzene rings is 1. The fourth-order valence-electron chi connectivity index (χ4n) is 5.69. The van der Waals surface area contributed by atoms with E-state index in [1.54, 1.807) is 0 Å². The SMILES string of the molecule is CC/C=C1/NC(/C(C)=C/C=C(\CC)Cc2ccc(C(C)CCC(CCCC)CC(=O)OC)cc2)N(C)/C1=C/COC(C)(C)F. The first kappa shape index (κ1) is 37.3. The number of methoxy groups -OCH3 is 1. The van der Waals surface area contributed by atoms with Crippen molar-refractivity contribution in [1.29, 1.82) is 0 Å². The van der Waals surface area contributed by atoms with Gasteiger partial charge in [0.25, 0.3) is 0 Å². The fourth-order valence-corrected chi connectivity index (χ4v) is 5.69. The van der Waals surface area contributed by atoms with Gasteiger partial charge in [0, 0.05) is 13.5 Å². The molecule has 246 valence electrons. The van der Waals surface area contributed by atoms with Crippen LogP contribution in [0.3, 0.4) is 0 Å². The molecule has 1 aromatic carbocycles. The normalized spacial score (nSPS) is 19.4. The van der Waals surface area contributed by atoms with E-state index in [2.05, 4.69) is 94.4 Å². The standard InChI is InChI=1S/C38H59FN2O3/c1-10-13-15-31(27-36(42)43-9)19-16-28(4)33-22-20-32(21-23-33)26-30(12-3)18-17-29(5)37-40-34(14-11-2)35(41(37)8)24-25-44-38(6,7)39/h14,17-18,20-24,28,31,37,40H,10-13,15-16,19,25-27H2,1-9H3/b29-17+,30-18+,34-14+,35-24+. The van der Waals surface area contributed by atoms with Crippen molar-refractivity contribution in [3.8, 4) is 0 Å². The number of hydrogen-bond donors (Lipinski definition) is 1. The minimum Gasteiger partial charge on any atom is -0.469 e. The minimum atomic E-state index is -1.66. The number of halogens is 1. The predicted molar refractivity (Wildman–Crippen MR) is 182 cm³/mol. The zero-order chi connectivity index (χ0) is 32.7. The van der Waals surface area contributed by atoms with Crippen molar-refractivity contribution in [3.63, 3.8) is 0 Å². The molecule has 1 heterocycles. The first-order valence-electron chi connectivity index (χ1n) is 16.7. The number of nitrogens with one attached hydrogen (secondary N) is 1. The van der Waals surface area contributed by atoms with Crippen LogP contribution in [0, 0.1) is 5.92 Å². The molecule has 1 aromatic rings. The van der Waals surface area contributed by atoms with Crippen LogP contribution in [0.15, 0.2) is 71.1 Å². The maximum Gasteiger partial charge on any atom is 0.305 e. The van der Waals surface area contributed by atoms with Crippen LogP contribution in [0.4, 0.5) is 4.39 Å². The number of ether oxygens (including phenoxy) is 2. The summed E-state index contributed by atoms with van der Waals surface area (Å²) in [5.74, 6) is -0.898. The summed E-state index contributed by atoms with van der Waals surface area (Å²) in [6, 6.07) is 9.08. The summed E-state index contributed by atoms with van der Waals surface area (Å²) in [6.45, 7) is 14.0. The predicted octanol–water partition coefficient (Wildman–Crippen LogP) is 9.53. The lowest BCUT2D eigenvalue weighted by molar-refractivity contribution is -0.141. The lowest BCUT2D eigenvalue weighted by Gasteiger charge is -2.22. The molecular weight excluding hydrogens is 551 g/mol. The molecule has 0 bridgehead atoms. The highest BCUT2D eigenvalue weighted by atomic mass is 19.2. The van der Waals surface area contributed by atoms with E-state index >= 15 is 0 Å². The van der Waals surface area contributed by atoms with E-state index < -0.39 is 5.85 Å². The third kappa shape index (κ3) is 12.6. The van der Waals surface area contributed by atoms with Crippen molar-refractivity contribution < 1.29 is 18.7 Å². The number of nitrogens with zero attached hydrogens (tertiary/aromatic N) is 1. The van der Waals surface area contributed by atoms with Crippen LogP contribution in [-0.2, 0) is 20.7 Å². The molecule has 1 aliphatic heterocycles. The maximum absolute atomic E-state index is 13.8. The van der Waals surface area contributed by atoms with Crippen molar-refractivity contribution in [2.45, 2.75) is 124 Å². The first-order valence-corrected chi connectivity index (χ1v) is 16.7. The molecule has 5 nitrogen and oxygen atoms in total. The van der Waals surface area contributed by atoms with E-state index in [4.69, 9.17) is 9.47 Å². The summed E-state index contributed by atoms with van der Waals surface area (Å²) < 4.78 is 24.1. The zero-order valence-electron chi connectivity index (χ0n) is 29.0. The van der Waals surface area contributed by atoms with Crippen molar-refractivity contribution >= 4 is 5.97 Å². The second kappa shape index (κ2) is 18.8. The minimum absolute atomic E-state index is 0.0294. The van der Waals surface area contributed by atoms with E-state index in [1.165, 1.54) is 43.2 Å². The monoisotopic (exact) mass is 610 g/mol. The van der Waals surface area contributed by atoms with Crippen LogP contribution in [0.5, 0.6) is 0 Å². The first-order chi connectivity index (χ1) is 20.9. The van der Waals surface area contributed by atoms with Gasteiger partial charge < -0.3 is 19.7 Å². The summed E-state index contributed by atoms with van der Waals surface area (Å²) in [7, 11) is 3.55. The van der Waals surface area contributed by atoms with Gasteiger partial charge in [-0.2, -0.15) is 0 Å². The highest BCUT2D eigenvalue weighted by Gasteiger charge is 2.29. The Morgan fingerprint density at radius 2 is 1.80 bits per heavy atom. The van der Waals surface area contributed by atoms with Gasteiger partial charge in [0.05, 0.1) is 25.1 Å². The van der Waals surface area contributed by atoms with Gasteiger partial charge in [-0.1, -0.05) is 88.6 Å². The number of carbonyl (C=O) groups is 1. The molecule has 0 amide bonds. The van der Waals surface area contributed by atoms with Crippen LogP contribution < -0.4 is 5.32 Å². The molecule has 6 heteroatoms. The summed E-state index contributed by atoms with van der Waals surface area (Å²) in [4.78, 5) is 14.1. The molecule has 0 spiro atoms. The largest absolute Gasteiger partial charge is 0.469 e. The number of unbranched alkanes of at least 4 members (excludes halogenated alkanes) is 1. The van der Waals surface area contributed by atoms with Gasteiger partial charge >= 0.3 is 5.97 Å². The fraction of sp³-hybridized carbons (Fsp3) is 0.605. The van der Waals surface area contributed by atoms with Crippen LogP contribution in [0.25, 0.3) is 0 Å². The van der Waals surface area contributed by atoms with Gasteiger partial charge in [0.15, 0.2) is 0 Å². The summed E-state index contributed by atoms with van der Waals surface area (Å²) in [5.41, 5.74) is 7.35. The van der Waals surface area contributed by atoms with Gasteiger partial charge in [-0.3, -0.25) is 4.79 Å². The third-order valence-electron chi connectivity index (χ3n) is 8.55. The second-order valence-electron chi connectivity index (χ2n) is 12.7.